The lowest BCUT2D eigenvalue weighted by atomic mass is 9.97. The van der Waals surface area contributed by atoms with Crippen molar-refractivity contribution in [3.05, 3.63) is 22.4 Å². The zero-order valence-corrected chi connectivity index (χ0v) is 16.9. The summed E-state index contributed by atoms with van der Waals surface area (Å²) in [5.41, 5.74) is 0. The van der Waals surface area contributed by atoms with E-state index < -0.39 is 0 Å². The van der Waals surface area contributed by atoms with Crippen LogP contribution in [0.1, 0.15) is 24.6 Å². The van der Waals surface area contributed by atoms with Crippen molar-refractivity contribution >= 4 is 41.3 Å². The highest BCUT2D eigenvalue weighted by Gasteiger charge is 2.19. The highest BCUT2D eigenvalue weighted by atomic mass is 127. The Morgan fingerprint density at radius 3 is 2.83 bits per heavy atom. The van der Waals surface area contributed by atoms with Crippen molar-refractivity contribution < 1.29 is 0 Å². The Balaban J connectivity index is 0.00000264. The molecule has 1 aliphatic heterocycles. The quantitative estimate of drug-likeness (QED) is 0.306. The third-order valence-corrected chi connectivity index (χ3v) is 4.74. The molecule has 1 fully saturated rings. The van der Waals surface area contributed by atoms with Gasteiger partial charge < -0.3 is 10.6 Å². The summed E-state index contributed by atoms with van der Waals surface area (Å²) in [5, 5.41) is 8.53. The molecule has 128 valence electrons. The van der Waals surface area contributed by atoms with E-state index in [2.05, 4.69) is 50.9 Å². The molecule has 0 saturated carbocycles. The van der Waals surface area contributed by atoms with Gasteiger partial charge in [0.2, 0.25) is 0 Å². The van der Waals surface area contributed by atoms with E-state index in [0.29, 0.717) is 12.5 Å². The summed E-state index contributed by atoms with van der Waals surface area (Å²) in [6.45, 7) is 7.77. The molecule has 0 unspecified atom stereocenters. The topological polar surface area (TPSA) is 39.7 Å². The van der Waals surface area contributed by atoms with E-state index >= 15 is 0 Å². The standard InChI is InChI=1S/C17H26N4S.HI/c1-3-9-19-17(18-4-2)20-13-15-7-10-21(11-8-15)14-16-6-5-12-22-16;/h1,5-6,12,15H,4,7-11,13-14H2,2H3,(H2,18,19,20);1H. The minimum Gasteiger partial charge on any atom is -0.357 e. The molecule has 2 heterocycles. The lowest BCUT2D eigenvalue weighted by Crippen LogP contribution is -2.38. The lowest BCUT2D eigenvalue weighted by Gasteiger charge is -2.31. The van der Waals surface area contributed by atoms with Crippen molar-refractivity contribution in [1.82, 2.24) is 15.5 Å². The number of halogens is 1. The third kappa shape index (κ3) is 7.55. The minimum atomic E-state index is 0. The number of hydrogen-bond acceptors (Lipinski definition) is 3. The SMILES string of the molecule is C#CCNC(=NCC1CCN(Cc2cccs2)CC1)NCC.I. The Morgan fingerprint density at radius 1 is 1.43 bits per heavy atom. The maximum Gasteiger partial charge on any atom is 0.192 e. The van der Waals surface area contributed by atoms with Crippen LogP contribution in [0.2, 0.25) is 0 Å². The van der Waals surface area contributed by atoms with Crippen LogP contribution in [0.5, 0.6) is 0 Å². The van der Waals surface area contributed by atoms with Crippen molar-refractivity contribution in [2.75, 3.05) is 32.7 Å². The first-order valence-corrected chi connectivity index (χ1v) is 8.90. The molecular formula is C17H27IN4S. The second-order valence-corrected chi connectivity index (χ2v) is 6.61. The molecule has 1 aliphatic rings. The third-order valence-electron chi connectivity index (χ3n) is 3.88. The van der Waals surface area contributed by atoms with Crippen LogP contribution in [0.4, 0.5) is 0 Å². The number of aliphatic imine (C=N–C) groups is 1. The monoisotopic (exact) mass is 446 g/mol. The Bertz CT molecular complexity index is 487. The minimum absolute atomic E-state index is 0. The summed E-state index contributed by atoms with van der Waals surface area (Å²) >= 11 is 1.85. The molecule has 0 bridgehead atoms. The number of likely N-dealkylation sites (tertiary alicyclic amines) is 1. The number of nitrogens with zero attached hydrogens (tertiary/aromatic N) is 2. The van der Waals surface area contributed by atoms with Gasteiger partial charge in [-0.2, -0.15) is 0 Å². The fourth-order valence-electron chi connectivity index (χ4n) is 2.65. The molecule has 23 heavy (non-hydrogen) atoms. The summed E-state index contributed by atoms with van der Waals surface area (Å²) < 4.78 is 0. The number of rotatable bonds is 6. The van der Waals surface area contributed by atoms with Crippen LogP contribution in [0.25, 0.3) is 0 Å². The molecule has 0 aliphatic carbocycles. The highest BCUT2D eigenvalue weighted by Crippen LogP contribution is 2.20. The summed E-state index contributed by atoms with van der Waals surface area (Å²) in [5.74, 6) is 4.10. The van der Waals surface area contributed by atoms with E-state index in [0.717, 1.165) is 25.6 Å². The average molecular weight is 446 g/mol. The number of hydrogen-bond donors (Lipinski definition) is 2. The molecule has 6 heteroatoms. The molecule has 1 aromatic rings. The zero-order valence-electron chi connectivity index (χ0n) is 13.8. The number of terminal acetylenes is 1. The summed E-state index contributed by atoms with van der Waals surface area (Å²) in [7, 11) is 0. The van der Waals surface area contributed by atoms with E-state index in [4.69, 9.17) is 6.42 Å². The van der Waals surface area contributed by atoms with E-state index in [1.807, 2.05) is 11.3 Å². The normalized spacial score (nSPS) is 16.4. The van der Waals surface area contributed by atoms with Gasteiger partial charge in [0, 0.05) is 24.5 Å². The number of thiophene rings is 1. The maximum absolute atomic E-state index is 5.28. The molecular weight excluding hydrogens is 419 g/mol. The van der Waals surface area contributed by atoms with Crippen molar-refractivity contribution in [2.24, 2.45) is 10.9 Å². The molecule has 2 rings (SSSR count). The number of guanidine groups is 1. The summed E-state index contributed by atoms with van der Waals surface area (Å²) in [6, 6.07) is 4.35. The Morgan fingerprint density at radius 2 is 2.22 bits per heavy atom. The van der Waals surface area contributed by atoms with E-state index in [1.165, 1.54) is 30.8 Å². The van der Waals surface area contributed by atoms with Crippen LogP contribution in [-0.4, -0.2) is 43.6 Å². The molecule has 0 atom stereocenters. The first-order valence-electron chi connectivity index (χ1n) is 8.02. The lowest BCUT2D eigenvalue weighted by molar-refractivity contribution is 0.182. The van der Waals surface area contributed by atoms with Crippen LogP contribution < -0.4 is 10.6 Å². The molecule has 1 saturated heterocycles. The largest absolute Gasteiger partial charge is 0.357 e. The second-order valence-electron chi connectivity index (χ2n) is 5.58. The van der Waals surface area contributed by atoms with E-state index in [1.54, 1.807) is 0 Å². The summed E-state index contributed by atoms with van der Waals surface area (Å²) in [6.07, 6.45) is 7.73. The van der Waals surface area contributed by atoms with E-state index in [9.17, 15) is 0 Å². The van der Waals surface area contributed by atoms with Crippen LogP contribution in [-0.2, 0) is 6.54 Å². The predicted octanol–water partition coefficient (Wildman–Crippen LogP) is 2.77. The van der Waals surface area contributed by atoms with Gasteiger partial charge in [-0.05, 0) is 50.2 Å². The summed E-state index contributed by atoms with van der Waals surface area (Å²) in [4.78, 5) is 8.67. The van der Waals surface area contributed by atoms with Gasteiger partial charge in [-0.15, -0.1) is 41.7 Å². The molecule has 0 radical (unpaired) electrons. The molecule has 2 N–H and O–H groups in total. The van der Waals surface area contributed by atoms with Crippen LogP contribution in [0.3, 0.4) is 0 Å². The van der Waals surface area contributed by atoms with Crippen molar-refractivity contribution in [1.29, 1.82) is 0 Å². The average Bonchev–Trinajstić information content (AvgIpc) is 3.04. The molecule has 0 aromatic carbocycles. The van der Waals surface area contributed by atoms with Gasteiger partial charge in [-0.25, -0.2) is 0 Å². The highest BCUT2D eigenvalue weighted by molar-refractivity contribution is 14.0. The molecule has 4 nitrogen and oxygen atoms in total. The van der Waals surface area contributed by atoms with Crippen molar-refractivity contribution in [3.63, 3.8) is 0 Å². The Labute approximate surface area is 161 Å². The van der Waals surface area contributed by atoms with Crippen LogP contribution in [0.15, 0.2) is 22.5 Å². The second kappa shape index (κ2) is 11.7. The Hall–Kier alpha value is -0.780. The predicted molar refractivity (Wildman–Crippen MR) is 111 cm³/mol. The fraction of sp³-hybridized carbons (Fsp3) is 0.588. The maximum atomic E-state index is 5.28. The molecule has 1 aromatic heterocycles. The zero-order chi connectivity index (χ0) is 15.6. The number of nitrogens with one attached hydrogen (secondary N) is 2. The van der Waals surface area contributed by atoms with Gasteiger partial charge >= 0.3 is 0 Å². The van der Waals surface area contributed by atoms with Gasteiger partial charge in [0.05, 0.1) is 6.54 Å². The van der Waals surface area contributed by atoms with Crippen LogP contribution >= 0.6 is 35.3 Å². The first kappa shape index (κ1) is 20.3. The van der Waals surface area contributed by atoms with Gasteiger partial charge in [-0.3, -0.25) is 9.89 Å². The molecule has 0 amide bonds. The van der Waals surface area contributed by atoms with Crippen molar-refractivity contribution in [2.45, 2.75) is 26.3 Å². The van der Waals surface area contributed by atoms with Gasteiger partial charge in [0.25, 0.3) is 0 Å². The van der Waals surface area contributed by atoms with E-state index in [-0.39, 0.29) is 24.0 Å². The first-order chi connectivity index (χ1) is 10.8. The van der Waals surface area contributed by atoms with Crippen molar-refractivity contribution in [3.8, 4) is 12.3 Å². The number of piperidine rings is 1. The van der Waals surface area contributed by atoms with Gasteiger partial charge in [-0.1, -0.05) is 12.0 Å². The van der Waals surface area contributed by atoms with Gasteiger partial charge in [0.15, 0.2) is 5.96 Å². The van der Waals surface area contributed by atoms with Gasteiger partial charge in [0.1, 0.15) is 0 Å². The molecule has 0 spiro atoms. The smallest absolute Gasteiger partial charge is 0.192 e. The fourth-order valence-corrected chi connectivity index (χ4v) is 3.39. The van der Waals surface area contributed by atoms with Crippen LogP contribution in [0, 0.1) is 18.3 Å². The Kier molecular flexibility index (Phi) is 10.3.